The molecule has 0 unspecified atom stereocenters. The van der Waals surface area contributed by atoms with Crippen molar-refractivity contribution in [1.29, 1.82) is 0 Å². The first-order valence-corrected chi connectivity index (χ1v) is 10.7. The Labute approximate surface area is 197 Å². The predicted molar refractivity (Wildman–Crippen MR) is 128 cm³/mol. The Morgan fingerprint density at radius 1 is 0.882 bits per heavy atom. The summed E-state index contributed by atoms with van der Waals surface area (Å²) in [4.78, 5) is 36.2. The molecule has 3 rings (SSSR count). The smallest absolute Gasteiger partial charge is 0.343 e. The van der Waals surface area contributed by atoms with Crippen LogP contribution in [0, 0.1) is 0 Å². The van der Waals surface area contributed by atoms with Crippen molar-refractivity contribution in [2.75, 3.05) is 13.7 Å². The fourth-order valence-electron chi connectivity index (χ4n) is 2.96. The van der Waals surface area contributed by atoms with Gasteiger partial charge in [-0.1, -0.05) is 36.4 Å². The van der Waals surface area contributed by atoms with Gasteiger partial charge in [0.2, 0.25) is 5.91 Å². The molecule has 8 heteroatoms. The molecule has 0 fully saturated rings. The van der Waals surface area contributed by atoms with Crippen molar-refractivity contribution in [3.8, 4) is 11.5 Å². The third kappa shape index (κ3) is 7.30. The van der Waals surface area contributed by atoms with E-state index in [1.165, 1.54) is 13.3 Å². The first-order chi connectivity index (χ1) is 16.6. The maximum absolute atomic E-state index is 12.3. The molecule has 0 aliphatic rings. The monoisotopic (exact) mass is 459 g/mol. The van der Waals surface area contributed by atoms with E-state index in [1.807, 2.05) is 12.1 Å². The Kier molecular flexibility index (Phi) is 8.92. The lowest BCUT2D eigenvalue weighted by Gasteiger charge is -2.10. The molecule has 2 N–H and O–H groups in total. The molecule has 0 atom stereocenters. The number of hydrogen-bond donors (Lipinski definition) is 2. The number of methoxy groups -OCH3 is 1. The van der Waals surface area contributed by atoms with Gasteiger partial charge >= 0.3 is 5.97 Å². The molecule has 2 amide bonds. The molecule has 3 aromatic rings. The van der Waals surface area contributed by atoms with Crippen molar-refractivity contribution < 1.29 is 23.9 Å². The first-order valence-electron chi connectivity index (χ1n) is 10.7. The van der Waals surface area contributed by atoms with Crippen LogP contribution in [0.5, 0.6) is 11.5 Å². The van der Waals surface area contributed by atoms with E-state index < -0.39 is 5.97 Å². The number of carbonyl (C=O) groups is 3. The minimum atomic E-state index is -0.493. The van der Waals surface area contributed by atoms with Crippen LogP contribution in [0.25, 0.3) is 0 Å². The van der Waals surface area contributed by atoms with E-state index in [1.54, 1.807) is 66.7 Å². The molecular weight excluding hydrogens is 434 g/mol. The molecule has 0 saturated carbocycles. The third-order valence-electron chi connectivity index (χ3n) is 4.70. The number of hydrogen-bond acceptors (Lipinski definition) is 6. The van der Waals surface area contributed by atoms with Crippen molar-refractivity contribution in [3.05, 3.63) is 95.6 Å². The molecule has 0 aliphatic carbocycles. The van der Waals surface area contributed by atoms with Gasteiger partial charge < -0.3 is 14.8 Å². The predicted octanol–water partition coefficient (Wildman–Crippen LogP) is 3.57. The number of hydrazone groups is 1. The molecule has 0 spiro atoms. The summed E-state index contributed by atoms with van der Waals surface area (Å²) in [5.74, 6) is -0.312. The number of amides is 2. The van der Waals surface area contributed by atoms with Crippen LogP contribution in [0.1, 0.15) is 39.1 Å². The molecule has 174 valence electrons. The van der Waals surface area contributed by atoms with E-state index in [0.717, 1.165) is 0 Å². The summed E-state index contributed by atoms with van der Waals surface area (Å²) in [6.45, 7) is 0.380. The standard InChI is InChI=1S/C26H25N3O5/c1-33-23-17-19(14-15-22(23)34-26(32)21-11-6-3-7-12-21)18-28-29-24(30)13-8-16-27-25(31)20-9-4-2-5-10-20/h2-7,9-12,14-15,17-18H,8,13,16H2,1H3,(H,27,31)(H,29,30). The van der Waals surface area contributed by atoms with Gasteiger partial charge in [0.05, 0.1) is 18.9 Å². The van der Waals surface area contributed by atoms with Crippen LogP contribution in [0.4, 0.5) is 0 Å². The number of ether oxygens (including phenoxy) is 2. The van der Waals surface area contributed by atoms with Crippen molar-refractivity contribution in [2.24, 2.45) is 5.10 Å². The number of benzene rings is 3. The SMILES string of the molecule is COc1cc(C=NNC(=O)CCCNC(=O)c2ccccc2)ccc1OC(=O)c1ccccc1. The lowest BCUT2D eigenvalue weighted by atomic mass is 10.2. The molecule has 3 aromatic carbocycles. The lowest BCUT2D eigenvalue weighted by Crippen LogP contribution is -2.26. The van der Waals surface area contributed by atoms with E-state index in [0.29, 0.717) is 35.4 Å². The topological polar surface area (TPSA) is 106 Å². The maximum Gasteiger partial charge on any atom is 0.343 e. The molecule has 0 radical (unpaired) electrons. The Balaban J connectivity index is 1.44. The summed E-state index contributed by atoms with van der Waals surface area (Å²) in [5.41, 5.74) is 4.10. The fourth-order valence-corrected chi connectivity index (χ4v) is 2.96. The number of carbonyl (C=O) groups excluding carboxylic acids is 3. The Morgan fingerprint density at radius 2 is 1.56 bits per heavy atom. The fraction of sp³-hybridized carbons (Fsp3) is 0.154. The van der Waals surface area contributed by atoms with E-state index in [2.05, 4.69) is 15.8 Å². The number of nitrogens with zero attached hydrogens (tertiary/aromatic N) is 1. The van der Waals surface area contributed by atoms with Crippen molar-refractivity contribution >= 4 is 24.0 Å². The summed E-state index contributed by atoms with van der Waals surface area (Å²) < 4.78 is 10.7. The van der Waals surface area contributed by atoms with Crippen molar-refractivity contribution in [2.45, 2.75) is 12.8 Å². The number of esters is 1. The van der Waals surface area contributed by atoms with Gasteiger partial charge in [-0.05, 0) is 54.4 Å². The maximum atomic E-state index is 12.3. The van der Waals surface area contributed by atoms with Gasteiger partial charge in [0.25, 0.3) is 5.91 Å². The number of nitrogens with one attached hydrogen (secondary N) is 2. The zero-order valence-electron chi connectivity index (χ0n) is 18.7. The van der Waals surface area contributed by atoms with E-state index in [-0.39, 0.29) is 24.0 Å². The normalized spacial score (nSPS) is 10.5. The highest BCUT2D eigenvalue weighted by Gasteiger charge is 2.12. The zero-order valence-corrected chi connectivity index (χ0v) is 18.7. The van der Waals surface area contributed by atoms with Crippen LogP contribution in [-0.4, -0.2) is 37.7 Å². The highest BCUT2D eigenvalue weighted by Crippen LogP contribution is 2.28. The Hall–Kier alpha value is -4.46. The van der Waals surface area contributed by atoms with Gasteiger partial charge in [0.15, 0.2) is 11.5 Å². The minimum Gasteiger partial charge on any atom is -0.493 e. The third-order valence-corrected chi connectivity index (χ3v) is 4.70. The van der Waals surface area contributed by atoms with E-state index in [9.17, 15) is 14.4 Å². The van der Waals surface area contributed by atoms with Crippen LogP contribution < -0.4 is 20.2 Å². The van der Waals surface area contributed by atoms with Crippen LogP contribution >= 0.6 is 0 Å². The first kappa shape index (κ1) is 24.2. The summed E-state index contributed by atoms with van der Waals surface area (Å²) in [6.07, 6.45) is 2.15. The Morgan fingerprint density at radius 3 is 2.24 bits per heavy atom. The summed E-state index contributed by atoms with van der Waals surface area (Å²) in [7, 11) is 1.47. The number of rotatable bonds is 10. The second-order valence-electron chi connectivity index (χ2n) is 7.18. The Bertz CT molecular complexity index is 1150. The van der Waals surface area contributed by atoms with Crippen LogP contribution in [0.3, 0.4) is 0 Å². The second-order valence-corrected chi connectivity index (χ2v) is 7.18. The van der Waals surface area contributed by atoms with Crippen LogP contribution in [0.15, 0.2) is 84.0 Å². The van der Waals surface area contributed by atoms with Gasteiger partial charge in [-0.2, -0.15) is 5.10 Å². The van der Waals surface area contributed by atoms with Crippen LogP contribution in [0.2, 0.25) is 0 Å². The van der Waals surface area contributed by atoms with Crippen LogP contribution in [-0.2, 0) is 4.79 Å². The average molecular weight is 460 g/mol. The van der Waals surface area contributed by atoms with Gasteiger partial charge in [-0.25, -0.2) is 10.2 Å². The van der Waals surface area contributed by atoms with Crippen molar-refractivity contribution in [3.63, 3.8) is 0 Å². The van der Waals surface area contributed by atoms with E-state index in [4.69, 9.17) is 9.47 Å². The van der Waals surface area contributed by atoms with E-state index >= 15 is 0 Å². The average Bonchev–Trinajstić information content (AvgIpc) is 2.88. The lowest BCUT2D eigenvalue weighted by molar-refractivity contribution is -0.121. The highest BCUT2D eigenvalue weighted by atomic mass is 16.6. The van der Waals surface area contributed by atoms with Gasteiger partial charge in [-0.3, -0.25) is 9.59 Å². The summed E-state index contributed by atoms with van der Waals surface area (Å²) in [6, 6.07) is 22.4. The quantitative estimate of drug-likeness (QED) is 0.159. The molecule has 0 heterocycles. The molecule has 0 bridgehead atoms. The molecule has 0 aliphatic heterocycles. The zero-order chi connectivity index (χ0) is 24.2. The minimum absolute atomic E-state index is 0.175. The largest absolute Gasteiger partial charge is 0.493 e. The summed E-state index contributed by atoms with van der Waals surface area (Å²) >= 11 is 0. The van der Waals surface area contributed by atoms with Gasteiger partial charge in [0.1, 0.15) is 0 Å². The molecular formula is C26H25N3O5. The molecule has 0 saturated heterocycles. The van der Waals surface area contributed by atoms with Gasteiger partial charge in [0, 0.05) is 18.5 Å². The van der Waals surface area contributed by atoms with Crippen molar-refractivity contribution in [1.82, 2.24) is 10.7 Å². The summed E-state index contributed by atoms with van der Waals surface area (Å²) in [5, 5.41) is 6.71. The molecule has 8 nitrogen and oxygen atoms in total. The molecule has 0 aromatic heterocycles. The highest BCUT2D eigenvalue weighted by molar-refractivity contribution is 5.94. The second kappa shape index (κ2) is 12.5. The van der Waals surface area contributed by atoms with Gasteiger partial charge in [-0.15, -0.1) is 0 Å². The molecule has 34 heavy (non-hydrogen) atoms.